The summed E-state index contributed by atoms with van der Waals surface area (Å²) < 4.78 is 53.8. The van der Waals surface area contributed by atoms with Crippen LogP contribution in [0.3, 0.4) is 0 Å². The van der Waals surface area contributed by atoms with Gasteiger partial charge >= 0.3 is 0 Å². The van der Waals surface area contributed by atoms with Crippen LogP contribution in [0.1, 0.15) is 47.1 Å². The number of hydrogen-bond acceptors (Lipinski definition) is 5. The maximum Gasteiger partial charge on any atom is 0.171 e. The first-order valence-electron chi connectivity index (χ1n) is 7.84. The lowest BCUT2D eigenvalue weighted by atomic mass is 9.95. The van der Waals surface area contributed by atoms with Crippen LogP contribution in [0.4, 0.5) is 4.39 Å². The fraction of sp³-hybridized carbons (Fsp3) is 0.588. The van der Waals surface area contributed by atoms with Crippen molar-refractivity contribution in [3.63, 3.8) is 0 Å². The summed E-state index contributed by atoms with van der Waals surface area (Å²) in [7, 11) is -3.98. The highest BCUT2D eigenvalue weighted by Gasteiger charge is 2.46. The topological polar surface area (TPSA) is 93.0 Å². The summed E-state index contributed by atoms with van der Waals surface area (Å²) in [6.07, 6.45) is 0. The Morgan fingerprint density at radius 1 is 1.27 bits per heavy atom. The van der Waals surface area contributed by atoms with Gasteiger partial charge < -0.3 is 4.55 Å². The van der Waals surface area contributed by atoms with Crippen LogP contribution in [0.25, 0.3) is 0 Å². The van der Waals surface area contributed by atoms with Crippen LogP contribution < -0.4 is 4.72 Å². The third-order valence-electron chi connectivity index (χ3n) is 3.92. The summed E-state index contributed by atoms with van der Waals surface area (Å²) >= 11 is 1.59. The van der Waals surface area contributed by atoms with Crippen molar-refractivity contribution in [2.45, 2.75) is 56.6 Å². The smallest absolute Gasteiger partial charge is 0.171 e. The largest absolute Gasteiger partial charge is 0.598 e. The minimum absolute atomic E-state index is 0.0572. The molecule has 0 fully saturated rings. The van der Waals surface area contributed by atoms with Crippen LogP contribution in [-0.4, -0.2) is 28.2 Å². The molecule has 9 heteroatoms. The van der Waals surface area contributed by atoms with Gasteiger partial charge in [-0.15, -0.1) is 4.72 Å². The third kappa shape index (κ3) is 5.20. The van der Waals surface area contributed by atoms with E-state index in [9.17, 15) is 22.6 Å². The third-order valence-corrected chi connectivity index (χ3v) is 8.77. The van der Waals surface area contributed by atoms with Crippen molar-refractivity contribution in [3.8, 4) is 6.07 Å². The molecule has 0 saturated carbocycles. The van der Waals surface area contributed by atoms with Crippen LogP contribution >= 0.6 is 15.9 Å². The molecule has 0 spiro atoms. The van der Waals surface area contributed by atoms with Gasteiger partial charge in [0.05, 0.1) is 11.8 Å². The average Bonchev–Trinajstić information content (AvgIpc) is 2.47. The van der Waals surface area contributed by atoms with E-state index in [-0.39, 0.29) is 5.56 Å². The lowest BCUT2D eigenvalue weighted by Gasteiger charge is -2.36. The van der Waals surface area contributed by atoms with Crippen molar-refractivity contribution in [2.24, 2.45) is 0 Å². The van der Waals surface area contributed by atoms with Gasteiger partial charge in [-0.25, -0.2) is 12.8 Å². The SMILES string of the molecule is CC(C)(C)[S@@+]([O-])N[C@@](C)(CS(=O)(=O)C(C)(C)C#N)c1cc(Br)ccc1F. The van der Waals surface area contributed by atoms with E-state index < -0.39 is 47.8 Å². The monoisotopic (exact) mass is 466 g/mol. The molecule has 1 rings (SSSR count). The number of hydrogen-bond donors (Lipinski definition) is 1. The number of nitrogens with zero attached hydrogens (tertiary/aromatic N) is 1. The van der Waals surface area contributed by atoms with Crippen LogP contribution in [-0.2, 0) is 26.7 Å². The van der Waals surface area contributed by atoms with Gasteiger partial charge in [-0.2, -0.15) is 5.26 Å². The molecule has 146 valence electrons. The zero-order valence-electron chi connectivity index (χ0n) is 15.7. The second-order valence-electron chi connectivity index (χ2n) is 7.82. The summed E-state index contributed by atoms with van der Waals surface area (Å²) in [6.45, 7) is 9.23. The van der Waals surface area contributed by atoms with Gasteiger partial charge in [0.2, 0.25) is 0 Å². The molecular formula is C17H24BrFN2O3S2. The summed E-state index contributed by atoms with van der Waals surface area (Å²) in [5.41, 5.74) is -1.44. The van der Waals surface area contributed by atoms with E-state index in [0.717, 1.165) is 0 Å². The Balaban J connectivity index is 3.54. The number of nitrogens with one attached hydrogen (secondary N) is 1. The number of benzene rings is 1. The molecule has 1 N–H and O–H groups in total. The Kier molecular flexibility index (Phi) is 6.98. The zero-order valence-corrected chi connectivity index (χ0v) is 18.9. The van der Waals surface area contributed by atoms with E-state index in [4.69, 9.17) is 0 Å². The summed E-state index contributed by atoms with van der Waals surface area (Å²) in [6, 6.07) is 5.93. The molecule has 0 saturated heterocycles. The van der Waals surface area contributed by atoms with Crippen molar-refractivity contribution in [1.82, 2.24) is 4.72 Å². The molecule has 26 heavy (non-hydrogen) atoms. The van der Waals surface area contributed by atoms with Crippen LogP contribution in [0, 0.1) is 17.1 Å². The second-order valence-corrected chi connectivity index (χ2v) is 13.2. The van der Waals surface area contributed by atoms with Gasteiger partial charge in [0.25, 0.3) is 0 Å². The second kappa shape index (κ2) is 7.76. The Morgan fingerprint density at radius 3 is 2.27 bits per heavy atom. The molecule has 0 aliphatic heterocycles. The van der Waals surface area contributed by atoms with E-state index in [1.807, 2.05) is 0 Å². The zero-order chi connectivity index (χ0) is 20.6. The lowest BCUT2D eigenvalue weighted by Crippen LogP contribution is -2.55. The molecule has 1 aromatic rings. The van der Waals surface area contributed by atoms with Crippen LogP contribution in [0.5, 0.6) is 0 Å². The standard InChI is InChI=1S/C17H24BrFN2O3S2/c1-15(2,3)25(22)21-17(6,11-26(23,24)16(4,5)10-20)13-9-12(18)7-8-14(13)19/h7-9,21H,11H2,1-6H3/t17-,25+/m0/s1. The first-order chi connectivity index (χ1) is 11.6. The van der Waals surface area contributed by atoms with E-state index in [1.165, 1.54) is 39.0 Å². The summed E-state index contributed by atoms with van der Waals surface area (Å²) in [5, 5.41) is 9.22. The summed E-state index contributed by atoms with van der Waals surface area (Å²) in [4.78, 5) is 0. The molecule has 0 aromatic heterocycles. The highest BCUT2D eigenvalue weighted by molar-refractivity contribution is 9.10. The molecule has 0 aliphatic rings. The first kappa shape index (κ1) is 23.4. The number of sulfone groups is 1. The van der Waals surface area contributed by atoms with Crippen molar-refractivity contribution in [2.75, 3.05) is 5.75 Å². The molecular weight excluding hydrogens is 443 g/mol. The van der Waals surface area contributed by atoms with Gasteiger partial charge in [0.15, 0.2) is 14.6 Å². The fourth-order valence-electron chi connectivity index (χ4n) is 2.07. The molecule has 5 nitrogen and oxygen atoms in total. The minimum Gasteiger partial charge on any atom is -0.598 e. The Morgan fingerprint density at radius 2 is 1.81 bits per heavy atom. The Hall–Kier alpha value is -0.660. The maximum atomic E-state index is 14.5. The Labute approximate surface area is 166 Å². The Bertz CT molecular complexity index is 816. The maximum absolute atomic E-state index is 14.5. The van der Waals surface area contributed by atoms with Crippen LogP contribution in [0.15, 0.2) is 22.7 Å². The normalized spacial score (nSPS) is 16.6. The van der Waals surface area contributed by atoms with Gasteiger partial charge in [0, 0.05) is 21.4 Å². The quantitative estimate of drug-likeness (QED) is 0.646. The fourth-order valence-corrected chi connectivity index (χ4v) is 4.91. The number of nitriles is 1. The molecule has 2 atom stereocenters. The van der Waals surface area contributed by atoms with Gasteiger partial charge in [-0.3, -0.25) is 0 Å². The summed E-state index contributed by atoms with van der Waals surface area (Å²) in [5.74, 6) is -1.21. The van der Waals surface area contributed by atoms with Crippen molar-refractivity contribution in [1.29, 1.82) is 5.26 Å². The molecule has 0 bridgehead atoms. The molecule has 0 unspecified atom stereocenters. The van der Waals surface area contributed by atoms with E-state index in [2.05, 4.69) is 20.7 Å². The minimum atomic E-state index is -3.98. The van der Waals surface area contributed by atoms with Crippen molar-refractivity contribution < 1.29 is 17.4 Å². The van der Waals surface area contributed by atoms with Crippen molar-refractivity contribution in [3.05, 3.63) is 34.1 Å². The van der Waals surface area contributed by atoms with E-state index >= 15 is 0 Å². The first-order valence-corrected chi connectivity index (χ1v) is 11.4. The van der Waals surface area contributed by atoms with E-state index in [0.29, 0.717) is 4.47 Å². The molecule has 1 aromatic carbocycles. The molecule has 0 aliphatic carbocycles. The predicted molar refractivity (Wildman–Crippen MR) is 106 cm³/mol. The van der Waals surface area contributed by atoms with Crippen molar-refractivity contribution >= 4 is 37.1 Å². The molecule has 0 amide bonds. The van der Waals surface area contributed by atoms with Gasteiger partial charge in [0.1, 0.15) is 16.1 Å². The van der Waals surface area contributed by atoms with Gasteiger partial charge in [-0.1, -0.05) is 15.9 Å². The van der Waals surface area contributed by atoms with Crippen LogP contribution in [0.2, 0.25) is 0 Å². The molecule has 0 heterocycles. The van der Waals surface area contributed by atoms with Gasteiger partial charge in [-0.05, 0) is 59.7 Å². The number of halogens is 2. The molecule has 0 radical (unpaired) electrons. The highest BCUT2D eigenvalue weighted by atomic mass is 79.9. The lowest BCUT2D eigenvalue weighted by molar-refractivity contribution is 0.431. The highest BCUT2D eigenvalue weighted by Crippen LogP contribution is 2.33. The average molecular weight is 467 g/mol. The number of rotatable bonds is 6. The van der Waals surface area contributed by atoms with E-state index in [1.54, 1.807) is 26.8 Å². The predicted octanol–water partition coefficient (Wildman–Crippen LogP) is 3.57.